The number of ether oxygens (including phenoxy) is 2. The standard InChI is InChI=1S/C27H36N4O4/c1-27(2,3)35-25(32)30-18-16-29(17-19-30)24-22(12-9-14-28-24)23-13-7-8-15-31(23)26(33)34-20-21-10-5-4-6-11-21/h4-6,9-12,14,23H,7-8,13,15-20H2,1-3H3/t23-/m0/s1. The second kappa shape index (κ2) is 11.0. The van der Waals surface area contributed by atoms with E-state index in [9.17, 15) is 9.59 Å². The van der Waals surface area contributed by atoms with Crippen LogP contribution in [0.15, 0.2) is 48.7 Å². The molecule has 0 bridgehead atoms. The Morgan fingerprint density at radius 3 is 2.40 bits per heavy atom. The van der Waals surface area contributed by atoms with Crippen molar-refractivity contribution < 1.29 is 19.1 Å². The number of carbonyl (C=O) groups excluding carboxylic acids is 2. The molecule has 2 saturated heterocycles. The van der Waals surface area contributed by atoms with Crippen LogP contribution in [0.4, 0.5) is 15.4 Å². The van der Waals surface area contributed by atoms with Gasteiger partial charge < -0.3 is 24.2 Å². The van der Waals surface area contributed by atoms with Gasteiger partial charge in [-0.25, -0.2) is 14.6 Å². The van der Waals surface area contributed by atoms with E-state index in [1.54, 1.807) is 11.1 Å². The number of piperidine rings is 1. The van der Waals surface area contributed by atoms with Crippen molar-refractivity contribution in [2.24, 2.45) is 0 Å². The molecule has 0 saturated carbocycles. The van der Waals surface area contributed by atoms with Gasteiger partial charge in [-0.15, -0.1) is 0 Å². The van der Waals surface area contributed by atoms with Crippen molar-refractivity contribution in [3.8, 4) is 0 Å². The number of likely N-dealkylation sites (tertiary alicyclic amines) is 1. The topological polar surface area (TPSA) is 75.2 Å². The molecule has 8 nitrogen and oxygen atoms in total. The summed E-state index contributed by atoms with van der Waals surface area (Å²) in [7, 11) is 0. The van der Waals surface area contributed by atoms with Gasteiger partial charge in [0.2, 0.25) is 0 Å². The summed E-state index contributed by atoms with van der Waals surface area (Å²) in [6.07, 6.45) is 4.10. The molecule has 0 N–H and O–H groups in total. The van der Waals surface area contributed by atoms with Gasteiger partial charge in [-0.1, -0.05) is 36.4 Å². The number of hydrogen-bond donors (Lipinski definition) is 0. The summed E-state index contributed by atoms with van der Waals surface area (Å²) in [5.41, 5.74) is 1.50. The molecule has 2 aliphatic heterocycles. The van der Waals surface area contributed by atoms with Gasteiger partial charge in [-0.05, 0) is 51.7 Å². The first-order valence-corrected chi connectivity index (χ1v) is 12.5. The van der Waals surface area contributed by atoms with E-state index >= 15 is 0 Å². The number of pyridine rings is 1. The van der Waals surface area contributed by atoms with Crippen molar-refractivity contribution in [2.75, 3.05) is 37.6 Å². The first-order chi connectivity index (χ1) is 16.8. The smallest absolute Gasteiger partial charge is 0.410 e. The predicted molar refractivity (Wildman–Crippen MR) is 134 cm³/mol. The summed E-state index contributed by atoms with van der Waals surface area (Å²) < 4.78 is 11.2. The van der Waals surface area contributed by atoms with E-state index in [0.29, 0.717) is 32.7 Å². The van der Waals surface area contributed by atoms with E-state index < -0.39 is 5.60 Å². The zero-order valence-corrected chi connectivity index (χ0v) is 21.0. The molecule has 0 aliphatic carbocycles. The fraction of sp³-hybridized carbons (Fsp3) is 0.519. The van der Waals surface area contributed by atoms with Gasteiger partial charge >= 0.3 is 12.2 Å². The van der Waals surface area contributed by atoms with Crippen LogP contribution in [-0.2, 0) is 16.1 Å². The minimum Gasteiger partial charge on any atom is -0.445 e. The lowest BCUT2D eigenvalue weighted by atomic mass is 9.95. The number of nitrogens with zero attached hydrogens (tertiary/aromatic N) is 4. The summed E-state index contributed by atoms with van der Waals surface area (Å²) in [5.74, 6) is 0.879. The monoisotopic (exact) mass is 480 g/mol. The minimum atomic E-state index is -0.512. The third kappa shape index (κ3) is 6.44. The lowest BCUT2D eigenvalue weighted by molar-refractivity contribution is 0.0239. The van der Waals surface area contributed by atoms with Crippen LogP contribution in [0.5, 0.6) is 0 Å². The molecule has 188 valence electrons. The van der Waals surface area contributed by atoms with Gasteiger partial charge in [0.05, 0.1) is 6.04 Å². The van der Waals surface area contributed by atoms with Gasteiger partial charge in [0, 0.05) is 44.5 Å². The molecule has 2 fully saturated rings. The first kappa shape index (κ1) is 24.8. The summed E-state index contributed by atoms with van der Waals surface area (Å²) in [6.45, 7) is 9.01. The second-order valence-electron chi connectivity index (χ2n) is 10.1. The number of piperazine rings is 1. The maximum atomic E-state index is 13.1. The third-order valence-corrected chi connectivity index (χ3v) is 6.35. The Morgan fingerprint density at radius 2 is 1.69 bits per heavy atom. The molecular formula is C27H36N4O4. The Morgan fingerprint density at radius 1 is 0.943 bits per heavy atom. The predicted octanol–water partition coefficient (Wildman–Crippen LogP) is 5.00. The van der Waals surface area contributed by atoms with E-state index in [4.69, 9.17) is 14.5 Å². The van der Waals surface area contributed by atoms with Crippen molar-refractivity contribution in [1.29, 1.82) is 0 Å². The molecule has 2 amide bonds. The fourth-order valence-corrected chi connectivity index (χ4v) is 4.64. The summed E-state index contributed by atoms with van der Waals surface area (Å²) >= 11 is 0. The van der Waals surface area contributed by atoms with E-state index in [1.807, 2.05) is 62.1 Å². The maximum absolute atomic E-state index is 13.1. The fourth-order valence-electron chi connectivity index (χ4n) is 4.64. The average molecular weight is 481 g/mol. The second-order valence-corrected chi connectivity index (χ2v) is 10.1. The summed E-state index contributed by atoms with van der Waals surface area (Å²) in [4.78, 5) is 36.1. The number of hydrogen-bond acceptors (Lipinski definition) is 6. The van der Waals surface area contributed by atoms with Crippen molar-refractivity contribution >= 4 is 18.0 Å². The molecule has 2 aromatic rings. The minimum absolute atomic E-state index is 0.0837. The van der Waals surface area contributed by atoms with Gasteiger partial charge in [-0.2, -0.15) is 0 Å². The summed E-state index contributed by atoms with van der Waals surface area (Å²) in [6, 6.07) is 13.7. The van der Waals surface area contributed by atoms with Crippen molar-refractivity contribution in [2.45, 2.75) is 58.3 Å². The third-order valence-electron chi connectivity index (χ3n) is 6.35. The van der Waals surface area contributed by atoms with Gasteiger partial charge in [-0.3, -0.25) is 0 Å². The zero-order chi connectivity index (χ0) is 24.8. The van der Waals surface area contributed by atoms with Crippen molar-refractivity contribution in [3.05, 3.63) is 59.8 Å². The number of benzene rings is 1. The number of rotatable bonds is 4. The Balaban J connectivity index is 1.44. The lowest BCUT2D eigenvalue weighted by Crippen LogP contribution is -2.50. The Labute approximate surface area is 207 Å². The number of anilines is 1. The van der Waals surface area contributed by atoms with E-state index in [-0.39, 0.29) is 24.8 Å². The van der Waals surface area contributed by atoms with Crippen LogP contribution in [0.2, 0.25) is 0 Å². The molecule has 1 aromatic carbocycles. The highest BCUT2D eigenvalue weighted by Gasteiger charge is 2.33. The van der Waals surface area contributed by atoms with Crippen LogP contribution in [0.25, 0.3) is 0 Å². The van der Waals surface area contributed by atoms with Crippen LogP contribution < -0.4 is 4.90 Å². The quantitative estimate of drug-likeness (QED) is 0.613. The van der Waals surface area contributed by atoms with E-state index in [2.05, 4.69) is 11.0 Å². The molecule has 0 radical (unpaired) electrons. The molecule has 8 heteroatoms. The van der Waals surface area contributed by atoms with E-state index in [1.165, 1.54) is 0 Å². The molecule has 3 heterocycles. The lowest BCUT2D eigenvalue weighted by Gasteiger charge is -2.40. The van der Waals surface area contributed by atoms with Crippen LogP contribution in [0.1, 0.15) is 57.2 Å². The molecule has 1 aromatic heterocycles. The van der Waals surface area contributed by atoms with Gasteiger partial charge in [0.25, 0.3) is 0 Å². The number of aromatic nitrogens is 1. The zero-order valence-electron chi connectivity index (χ0n) is 21.0. The van der Waals surface area contributed by atoms with E-state index in [0.717, 1.165) is 36.2 Å². The van der Waals surface area contributed by atoms with Crippen LogP contribution in [-0.4, -0.2) is 65.3 Å². The van der Waals surface area contributed by atoms with Crippen LogP contribution >= 0.6 is 0 Å². The molecule has 0 spiro atoms. The first-order valence-electron chi connectivity index (χ1n) is 12.5. The Hall–Kier alpha value is -3.29. The molecule has 4 rings (SSSR count). The summed E-state index contributed by atoms with van der Waals surface area (Å²) in [5, 5.41) is 0. The average Bonchev–Trinajstić information content (AvgIpc) is 2.87. The molecule has 35 heavy (non-hydrogen) atoms. The molecule has 1 atom stereocenters. The van der Waals surface area contributed by atoms with Gasteiger partial charge in [0.15, 0.2) is 0 Å². The van der Waals surface area contributed by atoms with Crippen molar-refractivity contribution in [1.82, 2.24) is 14.8 Å². The number of carbonyl (C=O) groups is 2. The molecule has 2 aliphatic rings. The highest BCUT2D eigenvalue weighted by Crippen LogP contribution is 2.36. The largest absolute Gasteiger partial charge is 0.445 e. The number of amides is 2. The Kier molecular flexibility index (Phi) is 7.78. The van der Waals surface area contributed by atoms with Gasteiger partial charge in [0.1, 0.15) is 18.0 Å². The SMILES string of the molecule is CC(C)(C)OC(=O)N1CCN(c2ncccc2[C@@H]2CCCCN2C(=O)OCc2ccccc2)CC1. The van der Waals surface area contributed by atoms with Crippen molar-refractivity contribution in [3.63, 3.8) is 0 Å². The molecular weight excluding hydrogens is 444 g/mol. The highest BCUT2D eigenvalue weighted by molar-refractivity contribution is 5.70. The maximum Gasteiger partial charge on any atom is 0.410 e. The van der Waals surface area contributed by atoms with Crippen LogP contribution in [0, 0.1) is 0 Å². The Bertz CT molecular complexity index is 1000. The molecule has 0 unspecified atom stereocenters. The van der Waals surface area contributed by atoms with Crippen LogP contribution in [0.3, 0.4) is 0 Å². The highest BCUT2D eigenvalue weighted by atomic mass is 16.6. The normalized spacial score (nSPS) is 18.8.